The van der Waals surface area contributed by atoms with Crippen LogP contribution in [-0.4, -0.2) is 42.5 Å². The minimum absolute atomic E-state index is 0.912. The molecule has 3 nitrogen and oxygen atoms in total. The molecule has 0 spiro atoms. The second kappa shape index (κ2) is 6.57. The van der Waals surface area contributed by atoms with Gasteiger partial charge in [0.05, 0.1) is 0 Å². The molecule has 1 aliphatic heterocycles. The molecule has 0 saturated carbocycles. The standard InChI is InChI=1S/C15H23N3/c1-2-15(16)13-18-10-8-17(9-11-18)12-14-6-4-3-5-7-14/h2-7H,8-13,16H2,1H3/b15-2+. The van der Waals surface area contributed by atoms with Crippen molar-refractivity contribution in [3.8, 4) is 0 Å². The highest BCUT2D eigenvalue weighted by molar-refractivity contribution is 5.14. The average Bonchev–Trinajstić information content (AvgIpc) is 2.42. The first-order chi connectivity index (χ1) is 8.78. The summed E-state index contributed by atoms with van der Waals surface area (Å²) in [6, 6.07) is 10.7. The van der Waals surface area contributed by atoms with Crippen LogP contribution in [0, 0.1) is 0 Å². The third kappa shape index (κ3) is 3.86. The van der Waals surface area contributed by atoms with E-state index in [0.717, 1.165) is 45.0 Å². The fraction of sp³-hybridized carbons (Fsp3) is 0.467. The largest absolute Gasteiger partial charge is 0.401 e. The van der Waals surface area contributed by atoms with E-state index in [2.05, 4.69) is 40.1 Å². The molecule has 3 heteroatoms. The van der Waals surface area contributed by atoms with Crippen molar-refractivity contribution in [1.82, 2.24) is 9.80 Å². The number of allylic oxidation sites excluding steroid dienone is 1. The molecule has 0 unspecified atom stereocenters. The summed E-state index contributed by atoms with van der Waals surface area (Å²) in [7, 11) is 0. The topological polar surface area (TPSA) is 32.5 Å². The molecule has 0 aliphatic carbocycles. The summed E-state index contributed by atoms with van der Waals surface area (Å²) in [6.45, 7) is 8.46. The van der Waals surface area contributed by atoms with Gasteiger partial charge in [-0.05, 0) is 12.5 Å². The van der Waals surface area contributed by atoms with Crippen molar-refractivity contribution < 1.29 is 0 Å². The maximum Gasteiger partial charge on any atom is 0.0377 e. The van der Waals surface area contributed by atoms with Crippen LogP contribution < -0.4 is 5.73 Å². The molecule has 2 N–H and O–H groups in total. The smallest absolute Gasteiger partial charge is 0.0377 e. The molecular formula is C15H23N3. The van der Waals surface area contributed by atoms with Gasteiger partial charge in [0.25, 0.3) is 0 Å². The van der Waals surface area contributed by atoms with E-state index in [1.165, 1.54) is 5.56 Å². The quantitative estimate of drug-likeness (QED) is 0.876. The second-order valence-electron chi connectivity index (χ2n) is 4.90. The van der Waals surface area contributed by atoms with Gasteiger partial charge in [0.2, 0.25) is 0 Å². The molecule has 1 saturated heterocycles. The van der Waals surface area contributed by atoms with Crippen LogP contribution in [0.2, 0.25) is 0 Å². The second-order valence-corrected chi connectivity index (χ2v) is 4.90. The number of nitrogens with two attached hydrogens (primary N) is 1. The summed E-state index contributed by atoms with van der Waals surface area (Å²) >= 11 is 0. The van der Waals surface area contributed by atoms with E-state index < -0.39 is 0 Å². The lowest BCUT2D eigenvalue weighted by Crippen LogP contribution is -2.46. The van der Waals surface area contributed by atoms with Gasteiger partial charge in [0, 0.05) is 45.0 Å². The molecule has 2 rings (SSSR count). The van der Waals surface area contributed by atoms with Crippen molar-refractivity contribution in [2.45, 2.75) is 13.5 Å². The van der Waals surface area contributed by atoms with Crippen LogP contribution in [0.5, 0.6) is 0 Å². The van der Waals surface area contributed by atoms with Crippen LogP contribution in [0.3, 0.4) is 0 Å². The number of benzene rings is 1. The molecule has 0 radical (unpaired) electrons. The van der Waals surface area contributed by atoms with E-state index in [0.29, 0.717) is 0 Å². The first-order valence-electron chi connectivity index (χ1n) is 6.67. The SMILES string of the molecule is C/C=C(/N)CN1CCN(Cc2ccccc2)CC1. The number of hydrogen-bond acceptors (Lipinski definition) is 3. The Morgan fingerprint density at radius 3 is 2.33 bits per heavy atom. The zero-order valence-corrected chi connectivity index (χ0v) is 11.2. The monoisotopic (exact) mass is 245 g/mol. The maximum absolute atomic E-state index is 5.87. The van der Waals surface area contributed by atoms with E-state index in [9.17, 15) is 0 Å². The van der Waals surface area contributed by atoms with E-state index in [-0.39, 0.29) is 0 Å². The highest BCUT2D eigenvalue weighted by atomic mass is 15.3. The summed E-state index contributed by atoms with van der Waals surface area (Å²) in [4.78, 5) is 4.94. The Hall–Kier alpha value is -1.32. The van der Waals surface area contributed by atoms with Crippen molar-refractivity contribution in [2.24, 2.45) is 5.73 Å². The molecule has 18 heavy (non-hydrogen) atoms. The van der Waals surface area contributed by atoms with E-state index >= 15 is 0 Å². The number of hydrogen-bond donors (Lipinski definition) is 1. The highest BCUT2D eigenvalue weighted by Gasteiger charge is 2.16. The van der Waals surface area contributed by atoms with Crippen molar-refractivity contribution in [2.75, 3.05) is 32.7 Å². The molecule has 1 aromatic rings. The predicted molar refractivity (Wildman–Crippen MR) is 76.1 cm³/mol. The van der Waals surface area contributed by atoms with Gasteiger partial charge >= 0.3 is 0 Å². The minimum Gasteiger partial charge on any atom is -0.401 e. The fourth-order valence-electron chi connectivity index (χ4n) is 2.30. The van der Waals surface area contributed by atoms with E-state index in [4.69, 9.17) is 5.73 Å². The summed E-state index contributed by atoms with van der Waals surface area (Å²) < 4.78 is 0. The Morgan fingerprint density at radius 2 is 1.72 bits per heavy atom. The van der Waals surface area contributed by atoms with Gasteiger partial charge in [-0.3, -0.25) is 9.80 Å². The Bertz CT molecular complexity index is 378. The van der Waals surface area contributed by atoms with Crippen LogP contribution in [0.1, 0.15) is 12.5 Å². The summed E-state index contributed by atoms with van der Waals surface area (Å²) in [5.41, 5.74) is 8.25. The number of piperazine rings is 1. The highest BCUT2D eigenvalue weighted by Crippen LogP contribution is 2.08. The first kappa shape index (κ1) is 13.1. The first-order valence-corrected chi connectivity index (χ1v) is 6.67. The normalized spacial score (nSPS) is 19.1. The Morgan fingerprint density at radius 1 is 1.11 bits per heavy atom. The lowest BCUT2D eigenvalue weighted by atomic mass is 10.2. The predicted octanol–water partition coefficient (Wildman–Crippen LogP) is 1.67. The van der Waals surface area contributed by atoms with Gasteiger partial charge in [0.15, 0.2) is 0 Å². The number of nitrogens with zero attached hydrogens (tertiary/aromatic N) is 2. The average molecular weight is 245 g/mol. The van der Waals surface area contributed by atoms with Gasteiger partial charge in [0.1, 0.15) is 0 Å². The zero-order valence-electron chi connectivity index (χ0n) is 11.2. The number of rotatable bonds is 4. The van der Waals surface area contributed by atoms with Crippen molar-refractivity contribution in [3.63, 3.8) is 0 Å². The Balaban J connectivity index is 1.77. The lowest BCUT2D eigenvalue weighted by Gasteiger charge is -2.34. The van der Waals surface area contributed by atoms with Crippen molar-refractivity contribution in [3.05, 3.63) is 47.7 Å². The summed E-state index contributed by atoms with van der Waals surface area (Å²) in [6.07, 6.45) is 2.00. The third-order valence-corrected chi connectivity index (χ3v) is 3.49. The fourth-order valence-corrected chi connectivity index (χ4v) is 2.30. The molecule has 98 valence electrons. The Kier molecular flexibility index (Phi) is 4.79. The van der Waals surface area contributed by atoms with Crippen molar-refractivity contribution >= 4 is 0 Å². The van der Waals surface area contributed by atoms with Crippen LogP contribution >= 0.6 is 0 Å². The zero-order chi connectivity index (χ0) is 12.8. The van der Waals surface area contributed by atoms with Gasteiger partial charge in [-0.25, -0.2) is 0 Å². The summed E-state index contributed by atoms with van der Waals surface area (Å²) in [5, 5.41) is 0. The molecule has 0 aromatic heterocycles. The summed E-state index contributed by atoms with van der Waals surface area (Å²) in [5.74, 6) is 0. The lowest BCUT2D eigenvalue weighted by molar-refractivity contribution is 0.134. The molecule has 1 aromatic carbocycles. The van der Waals surface area contributed by atoms with Gasteiger partial charge < -0.3 is 5.73 Å². The molecule has 1 aliphatic rings. The van der Waals surface area contributed by atoms with E-state index in [1.54, 1.807) is 0 Å². The van der Waals surface area contributed by atoms with Crippen LogP contribution in [0.4, 0.5) is 0 Å². The molecule has 1 fully saturated rings. The van der Waals surface area contributed by atoms with Gasteiger partial charge in [-0.2, -0.15) is 0 Å². The third-order valence-electron chi connectivity index (χ3n) is 3.49. The van der Waals surface area contributed by atoms with Crippen LogP contribution in [0.25, 0.3) is 0 Å². The van der Waals surface area contributed by atoms with Gasteiger partial charge in [-0.1, -0.05) is 36.4 Å². The molecule has 0 bridgehead atoms. The van der Waals surface area contributed by atoms with Crippen LogP contribution in [-0.2, 0) is 6.54 Å². The molecule has 0 atom stereocenters. The molecular weight excluding hydrogens is 222 g/mol. The van der Waals surface area contributed by atoms with E-state index in [1.807, 2.05) is 13.0 Å². The molecule has 0 amide bonds. The maximum atomic E-state index is 5.87. The minimum atomic E-state index is 0.912. The van der Waals surface area contributed by atoms with Gasteiger partial charge in [-0.15, -0.1) is 0 Å². The van der Waals surface area contributed by atoms with Crippen LogP contribution in [0.15, 0.2) is 42.1 Å². The Labute approximate surface area is 110 Å². The molecule has 1 heterocycles. The van der Waals surface area contributed by atoms with Crippen molar-refractivity contribution in [1.29, 1.82) is 0 Å².